The first-order chi connectivity index (χ1) is 14.3. The Kier molecular flexibility index (Phi) is 7.16. The topological polar surface area (TPSA) is 107 Å². The number of carboxylic acids is 1. The number of methoxy groups -OCH3 is 1. The zero-order valence-electron chi connectivity index (χ0n) is 15.9. The van der Waals surface area contributed by atoms with Gasteiger partial charge in [0.2, 0.25) is 5.91 Å². The van der Waals surface area contributed by atoms with Gasteiger partial charge in [-0.05, 0) is 23.8 Å². The fourth-order valence-corrected chi connectivity index (χ4v) is 5.39. The Morgan fingerprint density at radius 3 is 2.63 bits per heavy atom. The lowest BCUT2D eigenvalue weighted by Gasteiger charge is -2.25. The fourth-order valence-electron chi connectivity index (χ4n) is 2.91. The van der Waals surface area contributed by atoms with E-state index in [2.05, 4.69) is 4.74 Å². The van der Waals surface area contributed by atoms with Crippen LogP contribution in [0.5, 0.6) is 0 Å². The van der Waals surface area contributed by atoms with E-state index >= 15 is 0 Å². The first-order valence-electron chi connectivity index (χ1n) is 8.83. The van der Waals surface area contributed by atoms with E-state index in [0.717, 1.165) is 11.8 Å². The Balaban J connectivity index is 1.63. The maximum absolute atomic E-state index is 12.7. The molecule has 1 atom stereocenters. The van der Waals surface area contributed by atoms with Gasteiger partial charge < -0.3 is 19.5 Å². The fraction of sp³-hybridized carbons (Fsp3) is 0.316. The van der Waals surface area contributed by atoms with E-state index in [4.69, 9.17) is 12.2 Å². The van der Waals surface area contributed by atoms with Crippen molar-refractivity contribution in [1.29, 1.82) is 0 Å². The Morgan fingerprint density at radius 2 is 2.00 bits per heavy atom. The van der Waals surface area contributed by atoms with Crippen LogP contribution < -0.4 is 5.11 Å². The number of carbonyl (C=O) groups excluding carboxylic acids is 4. The predicted octanol–water partition coefficient (Wildman–Crippen LogP) is 0.716. The molecule has 1 aromatic rings. The molecule has 11 heteroatoms. The minimum absolute atomic E-state index is 0.0299. The average molecular weight is 466 g/mol. The molecule has 30 heavy (non-hydrogen) atoms. The Bertz CT molecular complexity index is 931. The van der Waals surface area contributed by atoms with Crippen molar-refractivity contribution >= 4 is 69.9 Å². The number of thioether (sulfide) groups is 2. The zero-order chi connectivity index (χ0) is 21.8. The van der Waals surface area contributed by atoms with Gasteiger partial charge in [0.05, 0.1) is 35.5 Å². The van der Waals surface area contributed by atoms with Gasteiger partial charge in [0.25, 0.3) is 5.91 Å². The number of hydrogen-bond acceptors (Lipinski definition) is 9. The summed E-state index contributed by atoms with van der Waals surface area (Å²) in [5, 5.41) is 11.1. The summed E-state index contributed by atoms with van der Waals surface area (Å²) in [5.41, 5.74) is 1.11. The Morgan fingerprint density at radius 1 is 1.30 bits per heavy atom. The van der Waals surface area contributed by atoms with Crippen LogP contribution in [0.25, 0.3) is 6.08 Å². The molecule has 0 spiro atoms. The smallest absolute Gasteiger partial charge is 0.337 e. The number of rotatable bonds is 6. The molecule has 0 radical (unpaired) electrons. The number of thiocarbonyl (C=S) groups is 1. The van der Waals surface area contributed by atoms with Gasteiger partial charge in [-0.1, -0.05) is 36.1 Å². The molecule has 2 aliphatic heterocycles. The number of benzene rings is 1. The van der Waals surface area contributed by atoms with Gasteiger partial charge in [0.15, 0.2) is 0 Å². The number of ether oxygens (including phenoxy) is 1. The molecule has 2 amide bonds. The third-order valence-electron chi connectivity index (χ3n) is 4.53. The lowest BCUT2D eigenvalue weighted by Crippen LogP contribution is -2.48. The number of aliphatic carboxylic acids is 1. The second-order valence-corrected chi connectivity index (χ2v) is 9.07. The molecule has 2 fully saturated rings. The molecular formula is C19H17N2O6S3-. The van der Waals surface area contributed by atoms with Crippen LogP contribution in [-0.2, 0) is 19.1 Å². The van der Waals surface area contributed by atoms with E-state index in [0.29, 0.717) is 26.1 Å². The summed E-state index contributed by atoms with van der Waals surface area (Å²) in [6.07, 6.45) is 1.63. The van der Waals surface area contributed by atoms with Gasteiger partial charge in [0, 0.05) is 18.7 Å². The third kappa shape index (κ3) is 4.85. The van der Waals surface area contributed by atoms with E-state index in [-0.39, 0.29) is 30.7 Å². The highest BCUT2D eigenvalue weighted by atomic mass is 32.2. The second kappa shape index (κ2) is 9.63. The molecule has 2 saturated heterocycles. The zero-order valence-corrected chi connectivity index (χ0v) is 18.3. The Labute approximate surface area is 186 Å². The number of amides is 2. The third-order valence-corrected chi connectivity index (χ3v) is 6.92. The molecule has 2 heterocycles. The molecule has 3 rings (SSSR count). The lowest BCUT2D eigenvalue weighted by atomic mass is 10.1. The summed E-state index contributed by atoms with van der Waals surface area (Å²) >= 11 is 7.74. The van der Waals surface area contributed by atoms with E-state index in [1.807, 2.05) is 0 Å². The summed E-state index contributed by atoms with van der Waals surface area (Å²) in [7, 11) is 1.30. The van der Waals surface area contributed by atoms with Crippen LogP contribution in [0.1, 0.15) is 22.3 Å². The first-order valence-corrected chi connectivity index (χ1v) is 11.2. The largest absolute Gasteiger partial charge is 0.548 e. The lowest BCUT2D eigenvalue weighted by molar-refractivity contribution is -0.310. The predicted molar refractivity (Wildman–Crippen MR) is 115 cm³/mol. The molecule has 0 aliphatic carbocycles. The number of nitrogens with zero attached hydrogens (tertiary/aromatic N) is 2. The molecular weight excluding hydrogens is 448 g/mol. The van der Waals surface area contributed by atoms with Gasteiger partial charge in [-0.25, -0.2) is 4.79 Å². The Hall–Kier alpha value is -2.37. The molecule has 0 aromatic heterocycles. The summed E-state index contributed by atoms with van der Waals surface area (Å²) in [4.78, 5) is 50.7. The van der Waals surface area contributed by atoms with E-state index < -0.39 is 18.0 Å². The van der Waals surface area contributed by atoms with Crippen LogP contribution in [0.4, 0.5) is 0 Å². The maximum Gasteiger partial charge on any atom is 0.337 e. The minimum atomic E-state index is -1.28. The summed E-state index contributed by atoms with van der Waals surface area (Å²) in [6.45, 7) is 0.0725. The first kappa shape index (κ1) is 22.3. The van der Waals surface area contributed by atoms with Gasteiger partial charge in [0.1, 0.15) is 4.32 Å². The van der Waals surface area contributed by atoms with Crippen LogP contribution in [0.3, 0.4) is 0 Å². The molecule has 1 aromatic carbocycles. The van der Waals surface area contributed by atoms with Crippen molar-refractivity contribution in [3.05, 3.63) is 40.3 Å². The van der Waals surface area contributed by atoms with Crippen molar-refractivity contribution in [1.82, 2.24) is 9.80 Å². The van der Waals surface area contributed by atoms with Crippen LogP contribution in [0, 0.1) is 0 Å². The average Bonchev–Trinajstić information content (AvgIpc) is 3.32. The van der Waals surface area contributed by atoms with Crippen LogP contribution in [-0.4, -0.2) is 69.2 Å². The number of carbonyl (C=O) groups is 4. The summed E-state index contributed by atoms with van der Waals surface area (Å²) in [5.74, 6) is -1.81. The van der Waals surface area contributed by atoms with Gasteiger partial charge in [-0.15, -0.1) is 11.8 Å². The number of carboxylic acid groups (broad SMARTS) is 1. The van der Waals surface area contributed by atoms with Gasteiger partial charge in [-0.2, -0.15) is 0 Å². The van der Waals surface area contributed by atoms with Crippen molar-refractivity contribution in [2.75, 3.05) is 25.3 Å². The molecule has 158 valence electrons. The van der Waals surface area contributed by atoms with Crippen molar-refractivity contribution in [3.8, 4) is 0 Å². The molecule has 2 aliphatic rings. The van der Waals surface area contributed by atoms with E-state index in [1.165, 1.54) is 28.7 Å². The summed E-state index contributed by atoms with van der Waals surface area (Å²) in [6, 6.07) is 5.63. The van der Waals surface area contributed by atoms with Gasteiger partial charge in [-0.3, -0.25) is 14.5 Å². The highest BCUT2D eigenvalue weighted by molar-refractivity contribution is 8.26. The monoisotopic (exact) mass is 465 g/mol. The molecule has 8 nitrogen and oxygen atoms in total. The van der Waals surface area contributed by atoms with Crippen molar-refractivity contribution in [3.63, 3.8) is 0 Å². The van der Waals surface area contributed by atoms with Crippen LogP contribution in [0.15, 0.2) is 29.2 Å². The second-order valence-electron chi connectivity index (χ2n) is 6.40. The summed E-state index contributed by atoms with van der Waals surface area (Å²) < 4.78 is 4.98. The molecule has 0 saturated carbocycles. The van der Waals surface area contributed by atoms with Crippen molar-refractivity contribution in [2.24, 2.45) is 0 Å². The maximum atomic E-state index is 12.7. The quantitative estimate of drug-likeness (QED) is 0.341. The van der Waals surface area contributed by atoms with Crippen molar-refractivity contribution < 1.29 is 29.0 Å². The highest BCUT2D eigenvalue weighted by Gasteiger charge is 2.34. The molecule has 0 unspecified atom stereocenters. The normalized spacial score (nSPS) is 20.2. The van der Waals surface area contributed by atoms with E-state index in [1.54, 1.807) is 30.3 Å². The number of hydrogen-bond donors (Lipinski definition) is 0. The number of esters is 1. The molecule has 0 N–H and O–H groups in total. The van der Waals surface area contributed by atoms with Crippen LogP contribution in [0.2, 0.25) is 0 Å². The van der Waals surface area contributed by atoms with Gasteiger partial charge >= 0.3 is 5.97 Å². The standard InChI is InChI=1S/C19H18N2O6S3/c1-27-18(26)12-4-2-11(3-5-12)8-14-16(23)20(19(28)30-14)7-6-15(22)21-10-29-9-13(21)17(24)25/h2-5,8,13H,6-7,9-10H2,1H3,(H,24,25)/p-1/b14-8+/t13-/m0/s1. The van der Waals surface area contributed by atoms with E-state index in [9.17, 15) is 24.3 Å². The van der Waals surface area contributed by atoms with Crippen LogP contribution >= 0.6 is 35.7 Å². The highest BCUT2D eigenvalue weighted by Crippen LogP contribution is 2.33. The van der Waals surface area contributed by atoms with Crippen molar-refractivity contribution in [2.45, 2.75) is 12.5 Å². The SMILES string of the molecule is COC(=O)c1ccc(/C=C2/SC(=S)N(CCC(=O)N3CSC[C@H]3C(=O)[O-])C2=O)cc1. The molecule has 0 bridgehead atoms. The minimum Gasteiger partial charge on any atom is -0.548 e.